The van der Waals surface area contributed by atoms with Crippen molar-refractivity contribution in [3.8, 4) is 23.0 Å². The van der Waals surface area contributed by atoms with Crippen LogP contribution in [0.5, 0.6) is 23.0 Å². The van der Waals surface area contributed by atoms with Crippen LogP contribution in [0.2, 0.25) is 0 Å². The number of para-hydroxylation sites is 2. The highest BCUT2D eigenvalue weighted by Crippen LogP contribution is 2.31. The monoisotopic (exact) mass is 448 g/mol. The number of carbonyl (C=O) groups is 2. The number of hydrogen-bond donors (Lipinski definition) is 1. The van der Waals surface area contributed by atoms with Crippen LogP contribution in [0.3, 0.4) is 0 Å². The molecule has 7 nitrogen and oxygen atoms in total. The minimum Gasteiger partial charge on any atom is -0.490 e. The van der Waals surface area contributed by atoms with Crippen molar-refractivity contribution in [3.05, 3.63) is 78.4 Å². The highest BCUT2D eigenvalue weighted by Gasteiger charge is 2.19. The molecule has 3 aromatic carbocycles. The number of amides is 2. The van der Waals surface area contributed by atoms with E-state index >= 15 is 0 Å². The van der Waals surface area contributed by atoms with Crippen molar-refractivity contribution in [2.24, 2.45) is 0 Å². The zero-order chi connectivity index (χ0) is 23.6. The molecule has 0 aromatic heterocycles. The number of anilines is 1. The highest BCUT2D eigenvalue weighted by atomic mass is 16.5. The summed E-state index contributed by atoms with van der Waals surface area (Å²) in [6.07, 6.45) is 0. The van der Waals surface area contributed by atoms with E-state index < -0.39 is 0 Å². The third-order valence-electron chi connectivity index (χ3n) is 4.64. The van der Waals surface area contributed by atoms with Crippen molar-refractivity contribution in [2.45, 2.75) is 13.8 Å². The summed E-state index contributed by atoms with van der Waals surface area (Å²) in [5.74, 6) is 1.55. The molecule has 0 spiro atoms. The van der Waals surface area contributed by atoms with E-state index in [4.69, 9.17) is 14.2 Å². The largest absolute Gasteiger partial charge is 0.490 e. The zero-order valence-corrected chi connectivity index (χ0v) is 19.0. The van der Waals surface area contributed by atoms with E-state index in [1.807, 2.05) is 44.2 Å². The van der Waals surface area contributed by atoms with Gasteiger partial charge in [-0.2, -0.15) is 0 Å². The highest BCUT2D eigenvalue weighted by molar-refractivity contribution is 6.00. The smallest absolute Gasteiger partial charge is 0.257 e. The maximum Gasteiger partial charge on any atom is 0.257 e. The van der Waals surface area contributed by atoms with Crippen molar-refractivity contribution >= 4 is 17.5 Å². The van der Waals surface area contributed by atoms with E-state index in [-0.39, 0.29) is 18.4 Å². The van der Waals surface area contributed by atoms with E-state index in [2.05, 4.69) is 5.32 Å². The van der Waals surface area contributed by atoms with Gasteiger partial charge in [-0.25, -0.2) is 0 Å². The molecular formula is C26H28N2O5. The Bertz CT molecular complexity index is 1090. The predicted molar refractivity (Wildman–Crippen MR) is 127 cm³/mol. The maximum absolute atomic E-state index is 13.0. The van der Waals surface area contributed by atoms with Crippen LogP contribution in [0.15, 0.2) is 72.8 Å². The van der Waals surface area contributed by atoms with E-state index in [9.17, 15) is 9.59 Å². The average molecular weight is 449 g/mol. The van der Waals surface area contributed by atoms with Gasteiger partial charge in [-0.15, -0.1) is 0 Å². The van der Waals surface area contributed by atoms with Gasteiger partial charge in [-0.1, -0.05) is 30.3 Å². The van der Waals surface area contributed by atoms with Gasteiger partial charge in [0.15, 0.2) is 11.5 Å². The molecule has 2 amide bonds. The molecule has 0 unspecified atom stereocenters. The van der Waals surface area contributed by atoms with Crippen LogP contribution in [-0.2, 0) is 4.79 Å². The van der Waals surface area contributed by atoms with E-state index in [0.29, 0.717) is 47.5 Å². The molecule has 0 heterocycles. The summed E-state index contributed by atoms with van der Waals surface area (Å²) in [6, 6.07) is 21.4. The molecule has 172 valence electrons. The molecule has 0 saturated carbocycles. The Hall–Kier alpha value is -4.00. The Balaban J connectivity index is 1.67. The van der Waals surface area contributed by atoms with Crippen LogP contribution >= 0.6 is 0 Å². The first-order valence-electron chi connectivity index (χ1n) is 10.8. The third-order valence-corrected chi connectivity index (χ3v) is 4.64. The number of nitrogens with zero attached hydrogens (tertiary/aromatic N) is 1. The summed E-state index contributed by atoms with van der Waals surface area (Å²) in [7, 11) is 1.57. The van der Waals surface area contributed by atoms with Gasteiger partial charge < -0.3 is 24.4 Å². The molecule has 0 aliphatic rings. The quantitative estimate of drug-likeness (QED) is 0.473. The average Bonchev–Trinajstić information content (AvgIpc) is 2.81. The number of likely N-dealkylation sites (N-methyl/N-ethyl adjacent to an activating group) is 1. The number of carbonyl (C=O) groups excluding carboxylic acids is 2. The van der Waals surface area contributed by atoms with E-state index in [0.717, 1.165) is 0 Å². The minimum atomic E-state index is -0.334. The Morgan fingerprint density at radius 2 is 1.48 bits per heavy atom. The second-order valence-electron chi connectivity index (χ2n) is 7.15. The summed E-state index contributed by atoms with van der Waals surface area (Å²) in [5, 5.41) is 2.80. The molecule has 0 aliphatic carbocycles. The number of rotatable bonds is 10. The SMILES string of the molecule is CCOc1ccc(NC(=O)CN(C)C(=O)c2ccccc2Oc2ccccc2)cc1OCC. The first kappa shape index (κ1) is 23.7. The fourth-order valence-electron chi connectivity index (χ4n) is 3.17. The molecule has 3 rings (SSSR count). The zero-order valence-electron chi connectivity index (χ0n) is 19.0. The van der Waals surface area contributed by atoms with Gasteiger partial charge in [-0.3, -0.25) is 9.59 Å². The van der Waals surface area contributed by atoms with Crippen LogP contribution in [0, 0.1) is 0 Å². The normalized spacial score (nSPS) is 10.3. The summed E-state index contributed by atoms with van der Waals surface area (Å²) >= 11 is 0. The van der Waals surface area contributed by atoms with Gasteiger partial charge in [0.05, 0.1) is 25.3 Å². The molecule has 0 bridgehead atoms. The summed E-state index contributed by atoms with van der Waals surface area (Å²) in [4.78, 5) is 27.0. The van der Waals surface area contributed by atoms with Crippen molar-refractivity contribution in [3.63, 3.8) is 0 Å². The lowest BCUT2D eigenvalue weighted by molar-refractivity contribution is -0.116. The topological polar surface area (TPSA) is 77.1 Å². The molecule has 7 heteroatoms. The van der Waals surface area contributed by atoms with Gasteiger partial charge in [0, 0.05) is 18.8 Å². The number of benzene rings is 3. The molecule has 0 aliphatic heterocycles. The number of nitrogens with one attached hydrogen (secondary N) is 1. The van der Waals surface area contributed by atoms with Crippen LogP contribution in [0.4, 0.5) is 5.69 Å². The lowest BCUT2D eigenvalue weighted by Gasteiger charge is -2.19. The van der Waals surface area contributed by atoms with Gasteiger partial charge in [-0.05, 0) is 50.2 Å². The fourth-order valence-corrected chi connectivity index (χ4v) is 3.17. The lowest BCUT2D eigenvalue weighted by Crippen LogP contribution is -2.35. The molecular weight excluding hydrogens is 420 g/mol. The maximum atomic E-state index is 13.0. The summed E-state index contributed by atoms with van der Waals surface area (Å²) in [6.45, 7) is 4.62. The van der Waals surface area contributed by atoms with Crippen molar-refractivity contribution < 1.29 is 23.8 Å². The summed E-state index contributed by atoms with van der Waals surface area (Å²) in [5.41, 5.74) is 0.928. The Kier molecular flexibility index (Phi) is 8.30. The Morgan fingerprint density at radius 3 is 2.21 bits per heavy atom. The molecule has 0 atom stereocenters. The van der Waals surface area contributed by atoms with Crippen LogP contribution in [0.1, 0.15) is 24.2 Å². The van der Waals surface area contributed by atoms with Gasteiger partial charge in [0.25, 0.3) is 5.91 Å². The molecule has 0 saturated heterocycles. The van der Waals surface area contributed by atoms with E-state index in [1.54, 1.807) is 49.5 Å². The second-order valence-corrected chi connectivity index (χ2v) is 7.15. The van der Waals surface area contributed by atoms with Crippen molar-refractivity contribution in [1.29, 1.82) is 0 Å². The van der Waals surface area contributed by atoms with Crippen LogP contribution in [0.25, 0.3) is 0 Å². The van der Waals surface area contributed by atoms with Crippen molar-refractivity contribution in [2.75, 3.05) is 32.1 Å². The first-order chi connectivity index (χ1) is 16.0. The molecule has 0 radical (unpaired) electrons. The molecule has 3 aromatic rings. The lowest BCUT2D eigenvalue weighted by atomic mass is 10.1. The summed E-state index contributed by atoms with van der Waals surface area (Å²) < 4.78 is 17.0. The van der Waals surface area contributed by atoms with Gasteiger partial charge in [0.2, 0.25) is 5.91 Å². The molecule has 1 N–H and O–H groups in total. The van der Waals surface area contributed by atoms with Crippen molar-refractivity contribution in [1.82, 2.24) is 4.90 Å². The third kappa shape index (κ3) is 6.49. The predicted octanol–water partition coefficient (Wildman–Crippen LogP) is 4.99. The van der Waals surface area contributed by atoms with E-state index in [1.165, 1.54) is 4.90 Å². The standard InChI is InChI=1S/C26H28N2O5/c1-4-31-23-16-15-19(17-24(23)32-5-2)27-25(29)18-28(3)26(30)21-13-9-10-14-22(21)33-20-11-7-6-8-12-20/h6-17H,4-5,18H2,1-3H3,(H,27,29). The molecule has 33 heavy (non-hydrogen) atoms. The van der Waals surface area contributed by atoms with Gasteiger partial charge >= 0.3 is 0 Å². The number of ether oxygens (including phenoxy) is 3. The van der Waals surface area contributed by atoms with Crippen LogP contribution in [-0.4, -0.2) is 43.5 Å². The second kappa shape index (κ2) is 11.6. The number of hydrogen-bond acceptors (Lipinski definition) is 5. The van der Waals surface area contributed by atoms with Crippen LogP contribution < -0.4 is 19.5 Å². The van der Waals surface area contributed by atoms with Gasteiger partial charge in [0.1, 0.15) is 11.5 Å². The first-order valence-corrected chi connectivity index (χ1v) is 10.8. The minimum absolute atomic E-state index is 0.129. The fraction of sp³-hybridized carbons (Fsp3) is 0.231. The molecule has 0 fully saturated rings. The Morgan fingerprint density at radius 1 is 0.818 bits per heavy atom. The Labute approximate surface area is 193 Å².